The molecule has 0 bridgehead atoms. The maximum Gasteiger partial charge on any atom is 0.254 e. The summed E-state index contributed by atoms with van der Waals surface area (Å²) in [7, 11) is 0. The molecule has 1 aliphatic rings. The van der Waals surface area contributed by atoms with E-state index in [1.54, 1.807) is 12.1 Å². The van der Waals surface area contributed by atoms with E-state index in [-0.39, 0.29) is 11.7 Å². The van der Waals surface area contributed by atoms with Gasteiger partial charge in [0.2, 0.25) is 0 Å². The van der Waals surface area contributed by atoms with Gasteiger partial charge in [0.05, 0.1) is 5.69 Å². The van der Waals surface area contributed by atoms with E-state index in [1.807, 2.05) is 52.3 Å². The molecule has 32 heavy (non-hydrogen) atoms. The lowest BCUT2D eigenvalue weighted by atomic mass is 9.99. The summed E-state index contributed by atoms with van der Waals surface area (Å²) in [6.45, 7) is 3.58. The van der Waals surface area contributed by atoms with E-state index in [4.69, 9.17) is 0 Å². The first-order valence-corrected chi connectivity index (χ1v) is 11.0. The van der Waals surface area contributed by atoms with Crippen molar-refractivity contribution in [2.75, 3.05) is 31.1 Å². The number of piperazine rings is 1. The van der Waals surface area contributed by atoms with Crippen LogP contribution in [0.1, 0.15) is 38.8 Å². The summed E-state index contributed by atoms with van der Waals surface area (Å²) in [4.78, 5) is 28.5. The van der Waals surface area contributed by atoms with Gasteiger partial charge in [-0.1, -0.05) is 48.5 Å². The molecule has 0 radical (unpaired) electrons. The minimum Gasteiger partial charge on any atom is -0.366 e. The van der Waals surface area contributed by atoms with Gasteiger partial charge in [-0.05, 0) is 55.2 Å². The summed E-state index contributed by atoms with van der Waals surface area (Å²) in [5, 5.41) is 0. The van der Waals surface area contributed by atoms with Crippen LogP contribution in [0.25, 0.3) is 0 Å². The lowest BCUT2D eigenvalue weighted by molar-refractivity contribution is 0.0745. The van der Waals surface area contributed by atoms with Crippen molar-refractivity contribution in [2.45, 2.75) is 19.8 Å². The smallest absolute Gasteiger partial charge is 0.254 e. The Morgan fingerprint density at radius 3 is 2.22 bits per heavy atom. The van der Waals surface area contributed by atoms with Crippen molar-refractivity contribution in [2.24, 2.45) is 0 Å². The minimum atomic E-state index is -0.399. The predicted octanol–water partition coefficient (Wildman–Crippen LogP) is 4.78. The average molecular weight is 431 g/mol. The number of hydrogen-bond acceptors (Lipinski definition) is 3. The summed E-state index contributed by atoms with van der Waals surface area (Å²) < 4.78 is 14.5. The highest BCUT2D eigenvalue weighted by atomic mass is 19.1. The Hall–Kier alpha value is -3.47. The fourth-order valence-electron chi connectivity index (χ4n) is 4.17. The SMILES string of the molecule is CC(=O)c1ccc(N2CCN(C(=O)c3ccccc3CCc3ccccc3)CC2)c(F)c1. The quantitative estimate of drug-likeness (QED) is 0.529. The lowest BCUT2D eigenvalue weighted by Gasteiger charge is -2.36. The third kappa shape index (κ3) is 4.88. The molecule has 4 nitrogen and oxygen atoms in total. The molecule has 3 aromatic carbocycles. The van der Waals surface area contributed by atoms with Gasteiger partial charge in [-0.2, -0.15) is 0 Å². The zero-order valence-electron chi connectivity index (χ0n) is 18.3. The van der Waals surface area contributed by atoms with Gasteiger partial charge in [0.25, 0.3) is 5.91 Å². The molecule has 1 heterocycles. The highest BCUT2D eigenvalue weighted by molar-refractivity contribution is 5.96. The van der Waals surface area contributed by atoms with Gasteiger partial charge in [-0.15, -0.1) is 0 Å². The first-order chi connectivity index (χ1) is 15.5. The molecule has 1 fully saturated rings. The Bertz CT molecular complexity index is 1110. The summed E-state index contributed by atoms with van der Waals surface area (Å²) in [5.41, 5.74) is 3.89. The van der Waals surface area contributed by atoms with Crippen molar-refractivity contribution < 1.29 is 14.0 Å². The zero-order valence-corrected chi connectivity index (χ0v) is 18.3. The molecule has 1 amide bonds. The maximum atomic E-state index is 14.5. The van der Waals surface area contributed by atoms with Gasteiger partial charge in [0.1, 0.15) is 5.82 Å². The van der Waals surface area contributed by atoms with Crippen LogP contribution in [0.15, 0.2) is 72.8 Å². The summed E-state index contributed by atoms with van der Waals surface area (Å²) >= 11 is 0. The molecule has 0 aliphatic carbocycles. The molecule has 1 saturated heterocycles. The number of benzene rings is 3. The highest BCUT2D eigenvalue weighted by Gasteiger charge is 2.25. The Morgan fingerprint density at radius 1 is 0.844 bits per heavy atom. The second-order valence-electron chi connectivity index (χ2n) is 8.14. The topological polar surface area (TPSA) is 40.6 Å². The van der Waals surface area contributed by atoms with Crippen LogP contribution in [0.4, 0.5) is 10.1 Å². The van der Waals surface area contributed by atoms with Gasteiger partial charge in [-0.3, -0.25) is 9.59 Å². The van der Waals surface area contributed by atoms with E-state index >= 15 is 0 Å². The number of ketones is 1. The maximum absolute atomic E-state index is 14.5. The van der Waals surface area contributed by atoms with Crippen molar-refractivity contribution in [3.63, 3.8) is 0 Å². The Morgan fingerprint density at radius 2 is 1.53 bits per heavy atom. The van der Waals surface area contributed by atoms with Crippen LogP contribution in [-0.4, -0.2) is 42.8 Å². The number of aryl methyl sites for hydroxylation is 2. The first kappa shape index (κ1) is 21.8. The molecule has 4 rings (SSSR count). The number of rotatable bonds is 6. The third-order valence-corrected chi connectivity index (χ3v) is 6.04. The predicted molar refractivity (Wildman–Crippen MR) is 125 cm³/mol. The van der Waals surface area contributed by atoms with Crippen molar-refractivity contribution in [1.29, 1.82) is 0 Å². The van der Waals surface area contributed by atoms with Crippen LogP contribution in [0.3, 0.4) is 0 Å². The Kier molecular flexibility index (Phi) is 6.64. The number of carbonyl (C=O) groups is 2. The van der Waals surface area contributed by atoms with Crippen LogP contribution >= 0.6 is 0 Å². The second kappa shape index (κ2) is 9.77. The van der Waals surface area contributed by atoms with Crippen molar-refractivity contribution >= 4 is 17.4 Å². The standard InChI is InChI=1S/C27H27FN2O2/c1-20(31)23-13-14-26(25(28)19-23)29-15-17-30(18-16-29)27(32)24-10-6-5-9-22(24)12-11-21-7-3-2-4-8-21/h2-10,13-14,19H,11-12,15-18H2,1H3. The van der Waals surface area contributed by atoms with Crippen molar-refractivity contribution in [3.05, 3.63) is 101 Å². The third-order valence-electron chi connectivity index (χ3n) is 6.04. The number of hydrogen-bond donors (Lipinski definition) is 0. The van der Waals surface area contributed by atoms with Crippen LogP contribution < -0.4 is 4.90 Å². The molecule has 3 aromatic rings. The molecule has 0 saturated carbocycles. The molecular formula is C27H27FN2O2. The van der Waals surface area contributed by atoms with E-state index in [0.717, 1.165) is 24.0 Å². The molecule has 1 aliphatic heterocycles. The van der Waals surface area contributed by atoms with Gasteiger partial charge >= 0.3 is 0 Å². The number of halogens is 1. The highest BCUT2D eigenvalue weighted by Crippen LogP contribution is 2.23. The van der Waals surface area contributed by atoms with E-state index in [0.29, 0.717) is 37.4 Å². The molecule has 0 aromatic heterocycles. The summed E-state index contributed by atoms with van der Waals surface area (Å²) in [5.74, 6) is -0.527. The normalized spacial score (nSPS) is 13.8. The number of Topliss-reactive ketones (excluding diaryl/α,β-unsaturated/α-hetero) is 1. The summed E-state index contributed by atoms with van der Waals surface area (Å²) in [6, 6.07) is 22.7. The van der Waals surface area contributed by atoms with E-state index < -0.39 is 5.82 Å². The van der Waals surface area contributed by atoms with Crippen molar-refractivity contribution in [1.82, 2.24) is 4.90 Å². The molecule has 164 valence electrons. The fraction of sp³-hybridized carbons (Fsp3) is 0.259. The molecule has 0 N–H and O–H groups in total. The lowest BCUT2D eigenvalue weighted by Crippen LogP contribution is -2.49. The zero-order chi connectivity index (χ0) is 22.5. The number of anilines is 1. The average Bonchev–Trinajstić information content (AvgIpc) is 2.83. The van der Waals surface area contributed by atoms with E-state index in [9.17, 15) is 14.0 Å². The number of carbonyl (C=O) groups excluding carboxylic acids is 2. The van der Waals surface area contributed by atoms with Crippen LogP contribution in [0.2, 0.25) is 0 Å². The number of nitrogens with zero attached hydrogens (tertiary/aromatic N) is 2. The molecule has 0 unspecified atom stereocenters. The van der Waals surface area contributed by atoms with Crippen LogP contribution in [0, 0.1) is 5.82 Å². The fourth-order valence-corrected chi connectivity index (χ4v) is 4.17. The Labute approximate surface area is 188 Å². The largest absolute Gasteiger partial charge is 0.366 e. The number of amides is 1. The van der Waals surface area contributed by atoms with Gasteiger partial charge < -0.3 is 9.80 Å². The second-order valence-corrected chi connectivity index (χ2v) is 8.14. The monoisotopic (exact) mass is 430 g/mol. The van der Waals surface area contributed by atoms with Gasteiger partial charge in [0.15, 0.2) is 5.78 Å². The van der Waals surface area contributed by atoms with Crippen molar-refractivity contribution in [3.8, 4) is 0 Å². The first-order valence-electron chi connectivity index (χ1n) is 11.0. The van der Waals surface area contributed by atoms with Gasteiger partial charge in [0, 0.05) is 37.3 Å². The molecular weight excluding hydrogens is 403 g/mol. The Balaban J connectivity index is 1.41. The molecule has 0 atom stereocenters. The minimum absolute atomic E-state index is 0.0284. The van der Waals surface area contributed by atoms with Crippen LogP contribution in [-0.2, 0) is 12.8 Å². The van der Waals surface area contributed by atoms with E-state index in [1.165, 1.54) is 18.6 Å². The molecule has 0 spiro atoms. The molecule has 5 heteroatoms. The summed E-state index contributed by atoms with van der Waals surface area (Å²) in [6.07, 6.45) is 1.69. The van der Waals surface area contributed by atoms with E-state index in [2.05, 4.69) is 12.1 Å². The van der Waals surface area contributed by atoms with Gasteiger partial charge in [-0.25, -0.2) is 4.39 Å². The van der Waals surface area contributed by atoms with Crippen LogP contribution in [0.5, 0.6) is 0 Å².